The minimum Gasteiger partial charge on any atom is -0.354 e. The van der Waals surface area contributed by atoms with Gasteiger partial charge in [0.2, 0.25) is 0 Å². The van der Waals surface area contributed by atoms with Gasteiger partial charge in [0.05, 0.1) is 13.2 Å². The monoisotopic (exact) mass is 312 g/mol. The molecule has 0 aromatic rings. The van der Waals surface area contributed by atoms with Gasteiger partial charge in [0.15, 0.2) is 5.41 Å². The summed E-state index contributed by atoms with van der Waals surface area (Å²) in [6.45, 7) is 0.514. The minimum atomic E-state index is -1.67. The zero-order valence-electron chi connectivity index (χ0n) is 9.10. The van der Waals surface area contributed by atoms with Crippen LogP contribution in [0.5, 0.6) is 0 Å². The molecule has 0 radical (unpaired) electrons. The van der Waals surface area contributed by atoms with Crippen molar-refractivity contribution in [3.8, 4) is 0 Å². The standard InChI is InChI=1S/C7H6O10P2/c1-4(2-9-3-8-1)5-10-7(16-18(12-5)13-5)11-6(4)14-19(15-6)17-7/h1-3H2. The van der Waals surface area contributed by atoms with Gasteiger partial charge in [0, 0.05) is 0 Å². The Bertz CT molecular complexity index is 430. The van der Waals surface area contributed by atoms with Crippen molar-refractivity contribution in [2.45, 2.75) is 18.1 Å². The zero-order chi connectivity index (χ0) is 12.3. The van der Waals surface area contributed by atoms with Gasteiger partial charge in [-0.15, -0.1) is 0 Å². The molecule has 8 saturated heterocycles. The van der Waals surface area contributed by atoms with Crippen molar-refractivity contribution in [3.63, 3.8) is 0 Å². The second kappa shape index (κ2) is 2.98. The summed E-state index contributed by atoms with van der Waals surface area (Å²) in [4.78, 5) is 0. The highest BCUT2D eigenvalue weighted by Crippen LogP contribution is 2.84. The SMILES string of the molecule is C1OCC2(CO1)C13OP(OC4(OP5OC2(O5)O4)O1)O3. The van der Waals surface area contributed by atoms with Crippen LogP contribution < -0.4 is 0 Å². The lowest BCUT2D eigenvalue weighted by molar-refractivity contribution is -0.719. The Hall–Kier alpha value is 0.460. The highest BCUT2D eigenvalue weighted by Gasteiger charge is 2.93. The smallest absolute Gasteiger partial charge is 0.354 e. The first-order chi connectivity index (χ1) is 9.19. The second-order valence-electron chi connectivity index (χ2n) is 4.71. The molecule has 12 heteroatoms. The van der Waals surface area contributed by atoms with Gasteiger partial charge in [0.25, 0.3) is 0 Å². The topological polar surface area (TPSA) is 92.3 Å². The molecule has 8 rings (SSSR count). The molecule has 0 aliphatic carbocycles. The Morgan fingerprint density at radius 2 is 1.21 bits per heavy atom. The van der Waals surface area contributed by atoms with E-state index in [-0.39, 0.29) is 20.0 Å². The van der Waals surface area contributed by atoms with Crippen LogP contribution in [0, 0.1) is 5.41 Å². The van der Waals surface area contributed by atoms with E-state index < -0.39 is 40.7 Å². The summed E-state index contributed by atoms with van der Waals surface area (Å²) in [5, 5.41) is 0. The summed E-state index contributed by atoms with van der Waals surface area (Å²) >= 11 is 0. The summed E-state index contributed by atoms with van der Waals surface area (Å²) < 4.78 is 54.9. The summed E-state index contributed by atoms with van der Waals surface area (Å²) in [6.07, 6.45) is -1.67. The maximum Gasteiger partial charge on any atom is 0.434 e. The third-order valence-electron chi connectivity index (χ3n) is 3.71. The molecule has 8 heterocycles. The summed E-state index contributed by atoms with van der Waals surface area (Å²) in [6, 6.07) is 0. The predicted molar refractivity (Wildman–Crippen MR) is 49.9 cm³/mol. The fourth-order valence-electron chi connectivity index (χ4n) is 2.80. The Morgan fingerprint density at radius 1 is 0.684 bits per heavy atom. The Labute approximate surface area is 108 Å². The van der Waals surface area contributed by atoms with Crippen molar-refractivity contribution < 1.29 is 46.1 Å². The van der Waals surface area contributed by atoms with E-state index in [0.717, 1.165) is 0 Å². The molecular weight excluding hydrogens is 306 g/mol. The summed E-state index contributed by atoms with van der Waals surface area (Å²) in [5.74, 6) is -2.92. The van der Waals surface area contributed by atoms with Gasteiger partial charge in [-0.2, -0.15) is 0 Å². The zero-order valence-corrected chi connectivity index (χ0v) is 10.9. The van der Waals surface area contributed by atoms with Crippen LogP contribution in [0.4, 0.5) is 0 Å². The Kier molecular flexibility index (Phi) is 1.74. The molecule has 8 aliphatic rings. The van der Waals surface area contributed by atoms with Gasteiger partial charge >= 0.3 is 35.3 Å². The molecule has 10 nitrogen and oxygen atoms in total. The first-order valence-corrected chi connectivity index (χ1v) is 7.69. The number of ether oxygens (including phenoxy) is 4. The molecule has 0 amide bonds. The first-order valence-electron chi connectivity index (χ1n) is 5.50. The molecule has 0 unspecified atom stereocenters. The van der Waals surface area contributed by atoms with Gasteiger partial charge in [-0.3, -0.25) is 18.1 Å². The third-order valence-corrected chi connectivity index (χ3v) is 6.01. The van der Waals surface area contributed by atoms with Gasteiger partial charge in [-0.1, -0.05) is 0 Å². The van der Waals surface area contributed by atoms with Gasteiger partial charge in [-0.25, -0.2) is 18.5 Å². The van der Waals surface area contributed by atoms with E-state index in [9.17, 15) is 0 Å². The van der Waals surface area contributed by atoms with E-state index in [1.807, 2.05) is 0 Å². The molecule has 0 aromatic carbocycles. The number of hydrogen-bond donors (Lipinski definition) is 0. The van der Waals surface area contributed by atoms with E-state index in [4.69, 9.17) is 46.1 Å². The van der Waals surface area contributed by atoms with Crippen LogP contribution in [0.15, 0.2) is 0 Å². The Morgan fingerprint density at radius 3 is 1.74 bits per heavy atom. The summed E-state index contributed by atoms with van der Waals surface area (Å²) in [5.41, 5.74) is -1.05. The van der Waals surface area contributed by atoms with E-state index in [1.54, 1.807) is 0 Å². The van der Waals surface area contributed by atoms with Gasteiger partial charge in [-0.05, 0) is 0 Å². The molecule has 8 aliphatic heterocycles. The predicted octanol–water partition coefficient (Wildman–Crippen LogP) is 0.551. The molecule has 0 saturated carbocycles. The molecule has 0 N–H and O–H groups in total. The molecule has 0 aromatic heterocycles. The van der Waals surface area contributed by atoms with Crippen LogP contribution in [0.2, 0.25) is 0 Å². The lowest BCUT2D eigenvalue weighted by Crippen LogP contribution is -2.86. The second-order valence-corrected chi connectivity index (χ2v) is 6.70. The highest BCUT2D eigenvalue weighted by molar-refractivity contribution is 7.44. The van der Waals surface area contributed by atoms with Crippen LogP contribution in [-0.4, -0.2) is 38.1 Å². The van der Waals surface area contributed by atoms with E-state index in [1.165, 1.54) is 0 Å². The lowest BCUT2D eigenvalue weighted by Gasteiger charge is -2.72. The van der Waals surface area contributed by atoms with Crippen LogP contribution >= 0.6 is 17.2 Å². The fourth-order valence-corrected chi connectivity index (χ4v) is 5.25. The maximum absolute atomic E-state index is 5.62. The molecular formula is C7H6O10P2. The van der Waals surface area contributed by atoms with E-state index in [2.05, 4.69) is 0 Å². The van der Waals surface area contributed by atoms with Crippen LogP contribution in [0.1, 0.15) is 0 Å². The normalized spacial score (nSPS) is 63.2. The summed E-state index contributed by atoms with van der Waals surface area (Å²) in [7, 11) is -3.14. The van der Waals surface area contributed by atoms with E-state index in [0.29, 0.717) is 0 Å². The molecule has 4 spiro atoms. The number of rotatable bonds is 0. The van der Waals surface area contributed by atoms with Crippen LogP contribution in [0.25, 0.3) is 0 Å². The quantitative estimate of drug-likeness (QED) is 0.590. The fraction of sp³-hybridized carbons (Fsp3) is 1.00. The first kappa shape index (κ1) is 11.1. The van der Waals surface area contributed by atoms with Crippen molar-refractivity contribution in [1.82, 2.24) is 0 Å². The highest BCUT2D eigenvalue weighted by atomic mass is 31.2. The van der Waals surface area contributed by atoms with Crippen molar-refractivity contribution in [2.75, 3.05) is 20.0 Å². The van der Waals surface area contributed by atoms with Crippen molar-refractivity contribution >= 4 is 17.2 Å². The molecule has 0 atom stereocenters. The lowest BCUT2D eigenvalue weighted by atomic mass is 9.82. The molecule has 104 valence electrons. The van der Waals surface area contributed by atoms with E-state index >= 15 is 0 Å². The van der Waals surface area contributed by atoms with Crippen molar-refractivity contribution in [3.05, 3.63) is 0 Å². The molecule has 19 heavy (non-hydrogen) atoms. The molecule has 5 bridgehead atoms. The number of hydrogen-bond acceptors (Lipinski definition) is 10. The van der Waals surface area contributed by atoms with Crippen molar-refractivity contribution in [2.24, 2.45) is 5.41 Å². The van der Waals surface area contributed by atoms with Crippen LogP contribution in [0.3, 0.4) is 0 Å². The minimum absolute atomic E-state index is 0.162. The van der Waals surface area contributed by atoms with Crippen LogP contribution in [-0.2, 0) is 46.1 Å². The molecule has 8 fully saturated rings. The Balaban J connectivity index is 1.56. The largest absolute Gasteiger partial charge is 0.434 e. The maximum atomic E-state index is 5.62. The van der Waals surface area contributed by atoms with Crippen molar-refractivity contribution in [1.29, 1.82) is 0 Å². The average molecular weight is 312 g/mol. The van der Waals surface area contributed by atoms with Gasteiger partial charge < -0.3 is 9.47 Å². The average Bonchev–Trinajstić information content (AvgIpc) is 2.35. The van der Waals surface area contributed by atoms with Gasteiger partial charge in [0.1, 0.15) is 6.79 Å². The third kappa shape index (κ3) is 1.01.